The molecule has 0 fully saturated rings. The van der Waals surface area contributed by atoms with Crippen molar-refractivity contribution in [1.82, 2.24) is 0 Å². The van der Waals surface area contributed by atoms with Crippen LogP contribution in [-0.2, 0) is 33.3 Å². The van der Waals surface area contributed by atoms with Gasteiger partial charge in [0.1, 0.15) is 13.2 Å². The summed E-state index contributed by atoms with van der Waals surface area (Å²) >= 11 is 0. The Morgan fingerprint density at radius 3 is 0.874 bits per heavy atom. The molecule has 0 aliphatic carbocycles. The van der Waals surface area contributed by atoms with Gasteiger partial charge in [0.15, 0.2) is 6.10 Å². The molecule has 0 spiro atoms. The standard InChI is InChI=1S/C86H129NO8/c1-6-8-10-12-14-16-18-20-22-24-26-28-30-32-34-36-37-38-39-40-41-42-43-44-45-46-47-49-51-53-55-57-59-61-63-65-67-69-71-73-75-77-84(89)95-82(81-94-86(85(90)91)92-79-78-87(3,4)5)80-93-83(88)76-74-72-70-68-66-64-62-60-58-56-54-52-50-48-35-33-31-29-27-25-23-21-19-17-15-13-11-9-7-2/h8-11,14-17,20-23,26-29,32-35,37-38,40-41,43-44,46-47,50-53,56-59,62,64,68,70,82,86H,6-7,12-13,18-19,24-25,30-31,36,39,42,45,48-49,54-55,60-61,63,65-67,69,71-81H2,1-5H3/p+1/b10-8-,11-9-,16-14-,17-15-,22-20-,23-21-,28-26-,29-27-,34-32-,35-33-,38-37-,41-40-,44-43-,47-46-,52-50-,53-51-,58-56-,59-57-,64-62-,70-68-. The van der Waals surface area contributed by atoms with Crippen molar-refractivity contribution in [3.05, 3.63) is 243 Å². The van der Waals surface area contributed by atoms with Crippen LogP contribution in [0.4, 0.5) is 0 Å². The maximum Gasteiger partial charge on any atom is 0.361 e. The molecule has 0 rings (SSSR count). The summed E-state index contributed by atoms with van der Waals surface area (Å²) in [5.41, 5.74) is 0. The predicted octanol–water partition coefficient (Wildman–Crippen LogP) is 23.2. The zero-order valence-electron chi connectivity index (χ0n) is 60.0. The van der Waals surface area contributed by atoms with E-state index in [0.29, 0.717) is 23.9 Å². The lowest BCUT2D eigenvalue weighted by Crippen LogP contribution is -2.40. The van der Waals surface area contributed by atoms with Crippen LogP contribution < -0.4 is 0 Å². The van der Waals surface area contributed by atoms with Gasteiger partial charge in [0.05, 0.1) is 34.4 Å². The van der Waals surface area contributed by atoms with Gasteiger partial charge < -0.3 is 28.5 Å². The number of hydrogen-bond donors (Lipinski definition) is 1. The van der Waals surface area contributed by atoms with Crippen molar-refractivity contribution in [2.45, 2.75) is 232 Å². The maximum atomic E-state index is 13.0. The Morgan fingerprint density at radius 2 is 0.579 bits per heavy atom. The first-order valence-electron chi connectivity index (χ1n) is 36.2. The topological polar surface area (TPSA) is 108 Å². The van der Waals surface area contributed by atoms with Crippen LogP contribution in [0.15, 0.2) is 243 Å². The van der Waals surface area contributed by atoms with E-state index >= 15 is 0 Å². The molecule has 2 unspecified atom stereocenters. The number of nitrogens with zero attached hydrogens (tertiary/aromatic N) is 1. The summed E-state index contributed by atoms with van der Waals surface area (Å²) in [6, 6.07) is 0. The molecule has 9 heteroatoms. The van der Waals surface area contributed by atoms with E-state index in [9.17, 15) is 19.5 Å². The molecule has 0 aliphatic heterocycles. The lowest BCUT2D eigenvalue weighted by atomic mass is 10.1. The summed E-state index contributed by atoms with van der Waals surface area (Å²) in [6.07, 6.45) is 116. The zero-order valence-corrected chi connectivity index (χ0v) is 60.0. The number of carboxylic acid groups (broad SMARTS) is 1. The van der Waals surface area contributed by atoms with Gasteiger partial charge in [-0.2, -0.15) is 0 Å². The molecule has 95 heavy (non-hydrogen) atoms. The molecule has 0 amide bonds. The van der Waals surface area contributed by atoms with Crippen LogP contribution in [0.5, 0.6) is 0 Å². The summed E-state index contributed by atoms with van der Waals surface area (Å²) < 4.78 is 22.9. The molecule has 0 saturated carbocycles. The van der Waals surface area contributed by atoms with Gasteiger partial charge in [0.25, 0.3) is 6.29 Å². The van der Waals surface area contributed by atoms with Crippen LogP contribution in [0.25, 0.3) is 0 Å². The largest absolute Gasteiger partial charge is 0.477 e. The van der Waals surface area contributed by atoms with E-state index in [0.717, 1.165) is 167 Å². The molecule has 0 aromatic rings. The van der Waals surface area contributed by atoms with Crippen molar-refractivity contribution in [2.75, 3.05) is 47.5 Å². The van der Waals surface area contributed by atoms with E-state index in [1.165, 1.54) is 12.8 Å². The molecule has 526 valence electrons. The Kier molecular flexibility index (Phi) is 67.6. The van der Waals surface area contributed by atoms with Crippen LogP contribution in [-0.4, -0.2) is 87.4 Å². The predicted molar refractivity (Wildman–Crippen MR) is 409 cm³/mol. The maximum absolute atomic E-state index is 13.0. The third kappa shape index (κ3) is 74.4. The third-order valence-corrected chi connectivity index (χ3v) is 14.1. The molecule has 0 heterocycles. The van der Waals surface area contributed by atoms with Gasteiger partial charge in [0.2, 0.25) is 0 Å². The second kappa shape index (κ2) is 72.9. The summed E-state index contributed by atoms with van der Waals surface area (Å²) in [4.78, 5) is 37.6. The smallest absolute Gasteiger partial charge is 0.361 e. The third-order valence-electron chi connectivity index (χ3n) is 14.1. The van der Waals surface area contributed by atoms with Crippen molar-refractivity contribution < 1.29 is 42.9 Å². The van der Waals surface area contributed by atoms with Gasteiger partial charge in [-0.05, 0) is 161 Å². The molecule has 0 aromatic heterocycles. The van der Waals surface area contributed by atoms with E-state index in [-0.39, 0.29) is 32.7 Å². The number of carbonyl (C=O) groups is 3. The first kappa shape index (κ1) is 88.1. The number of hydrogen-bond acceptors (Lipinski definition) is 7. The molecule has 2 atom stereocenters. The van der Waals surface area contributed by atoms with Crippen LogP contribution in [0.1, 0.15) is 219 Å². The van der Waals surface area contributed by atoms with Crippen molar-refractivity contribution >= 4 is 17.9 Å². The number of likely N-dealkylation sites (N-methyl/N-ethyl adjacent to an activating group) is 1. The molecular formula is C86H130NO8+. The first-order valence-corrected chi connectivity index (χ1v) is 36.2. The Hall–Kier alpha value is -6.91. The highest BCUT2D eigenvalue weighted by Crippen LogP contribution is 2.13. The van der Waals surface area contributed by atoms with Crippen molar-refractivity contribution in [3.63, 3.8) is 0 Å². The van der Waals surface area contributed by atoms with E-state index < -0.39 is 30.3 Å². The first-order chi connectivity index (χ1) is 46.6. The van der Waals surface area contributed by atoms with Crippen molar-refractivity contribution in [3.8, 4) is 0 Å². The highest BCUT2D eigenvalue weighted by Gasteiger charge is 2.25. The normalized spacial score (nSPS) is 14.2. The Morgan fingerprint density at radius 1 is 0.316 bits per heavy atom. The monoisotopic (exact) mass is 1300 g/mol. The van der Waals surface area contributed by atoms with Crippen molar-refractivity contribution in [2.24, 2.45) is 0 Å². The van der Waals surface area contributed by atoms with Gasteiger partial charge in [-0.25, -0.2) is 4.79 Å². The number of rotatable bonds is 63. The minimum atomic E-state index is -1.54. The molecule has 9 nitrogen and oxygen atoms in total. The summed E-state index contributed by atoms with van der Waals surface area (Å²) in [5, 5.41) is 9.75. The highest BCUT2D eigenvalue weighted by atomic mass is 16.7. The number of esters is 2. The quantitative estimate of drug-likeness (QED) is 0.0211. The van der Waals surface area contributed by atoms with Crippen LogP contribution >= 0.6 is 0 Å². The van der Waals surface area contributed by atoms with Crippen LogP contribution in [0.3, 0.4) is 0 Å². The fourth-order valence-corrected chi connectivity index (χ4v) is 8.67. The number of allylic oxidation sites excluding steroid dienone is 40. The average molecular weight is 1310 g/mol. The molecule has 0 radical (unpaired) electrons. The minimum absolute atomic E-state index is 0.162. The Bertz CT molecular complexity index is 2470. The number of unbranched alkanes of at least 4 members (excludes halogenated alkanes) is 8. The lowest BCUT2D eigenvalue weighted by molar-refractivity contribution is -0.870. The summed E-state index contributed by atoms with van der Waals surface area (Å²) in [7, 11) is 5.93. The van der Waals surface area contributed by atoms with Crippen LogP contribution in [0, 0.1) is 0 Å². The second-order valence-electron chi connectivity index (χ2n) is 24.1. The summed E-state index contributed by atoms with van der Waals surface area (Å²) in [5.74, 6) is -2.13. The molecular weight excluding hydrogens is 1170 g/mol. The molecule has 0 aliphatic rings. The SMILES string of the molecule is CC/C=C\C/C=C\C/C=C\C/C=C\C/C=C\C/C=C\C/C=C\C/C=C\C/C=C\C/C=C\C/C=C\CCCCCCCCCC(=O)OC(COC(=O)CCC/C=C\C/C=C\C/C=C\C/C=C\C/C=C\C/C=C\C/C=C\C/C=C\C/C=C\CC)COC(OCC[N+](C)(C)C)C(=O)O. The Balaban J connectivity index is 4.31. The van der Waals surface area contributed by atoms with E-state index in [1.807, 2.05) is 21.1 Å². The van der Waals surface area contributed by atoms with Gasteiger partial charge in [-0.15, -0.1) is 0 Å². The zero-order chi connectivity index (χ0) is 69.0. The van der Waals surface area contributed by atoms with Gasteiger partial charge in [0, 0.05) is 12.8 Å². The average Bonchev–Trinajstić information content (AvgIpc) is 3.54. The molecule has 1 N–H and O–H groups in total. The van der Waals surface area contributed by atoms with E-state index in [2.05, 4.69) is 257 Å². The summed E-state index contributed by atoms with van der Waals surface area (Å²) in [6.45, 7) is 4.53. The van der Waals surface area contributed by atoms with Gasteiger partial charge >= 0.3 is 17.9 Å². The van der Waals surface area contributed by atoms with Gasteiger partial charge in [-0.3, -0.25) is 9.59 Å². The number of carboxylic acids is 1. The van der Waals surface area contributed by atoms with E-state index in [4.69, 9.17) is 18.9 Å². The molecule has 0 saturated heterocycles. The second-order valence-corrected chi connectivity index (χ2v) is 24.1. The number of ether oxygens (including phenoxy) is 4. The van der Waals surface area contributed by atoms with E-state index in [1.54, 1.807) is 0 Å². The number of quaternary nitrogens is 1. The Labute approximate surface area is 580 Å². The molecule has 0 aromatic carbocycles. The number of aliphatic carboxylic acids is 1. The van der Waals surface area contributed by atoms with Gasteiger partial charge in [-0.1, -0.05) is 289 Å². The fraction of sp³-hybridized carbons (Fsp3) is 0.500. The number of carbonyl (C=O) groups excluding carboxylic acids is 2. The van der Waals surface area contributed by atoms with Crippen LogP contribution in [0.2, 0.25) is 0 Å². The minimum Gasteiger partial charge on any atom is -0.477 e. The fourth-order valence-electron chi connectivity index (χ4n) is 8.67. The molecule has 0 bridgehead atoms. The highest BCUT2D eigenvalue weighted by molar-refractivity contribution is 5.71. The van der Waals surface area contributed by atoms with Crippen molar-refractivity contribution in [1.29, 1.82) is 0 Å². The lowest BCUT2D eigenvalue weighted by Gasteiger charge is -2.25.